The molecule has 0 unspecified atom stereocenters. The molecule has 0 bridgehead atoms. The first kappa shape index (κ1) is 11.9. The van der Waals surface area contributed by atoms with E-state index in [1.807, 2.05) is 46.2 Å². The van der Waals surface area contributed by atoms with Crippen molar-refractivity contribution in [1.82, 2.24) is 14.8 Å². The fraction of sp³-hybridized carbons (Fsp3) is 0.143. The highest BCUT2D eigenvalue weighted by Gasteiger charge is 2.00. The summed E-state index contributed by atoms with van der Waals surface area (Å²) in [5, 5.41) is 9.70. The molecule has 1 N–H and O–H groups in total. The minimum Gasteiger partial charge on any atom is -0.377 e. The van der Waals surface area contributed by atoms with Gasteiger partial charge in [-0.3, -0.25) is 4.68 Å². The van der Waals surface area contributed by atoms with Gasteiger partial charge >= 0.3 is 0 Å². The van der Waals surface area contributed by atoms with E-state index in [-0.39, 0.29) is 0 Å². The lowest BCUT2D eigenvalue weighted by atomic mass is 10.2. The molecule has 5 heteroatoms. The smallest absolute Gasteiger partial charge is 0.0795 e. The summed E-state index contributed by atoms with van der Waals surface area (Å²) in [4.78, 5) is 4.23. The summed E-state index contributed by atoms with van der Waals surface area (Å²) in [5.41, 5.74) is 5.16. The van der Waals surface area contributed by atoms with Crippen LogP contribution in [-0.2, 0) is 13.1 Å². The summed E-state index contributed by atoms with van der Waals surface area (Å²) >= 11 is 1.61. The first-order chi connectivity index (χ1) is 9.40. The molecule has 0 aliphatic rings. The van der Waals surface area contributed by atoms with E-state index in [1.165, 1.54) is 5.56 Å². The standard InChI is InChI=1S/C14H14N4S/c1-2-4-12(5-3-1)8-18-9-13(7-17-18)15-6-14-10-19-11-16-14/h1-5,7,9-11,15H,6,8H2. The third kappa shape index (κ3) is 3.20. The average molecular weight is 270 g/mol. The maximum Gasteiger partial charge on any atom is 0.0795 e. The Hall–Kier alpha value is -2.14. The molecule has 0 saturated carbocycles. The zero-order valence-corrected chi connectivity index (χ0v) is 11.2. The van der Waals surface area contributed by atoms with Gasteiger partial charge in [0.1, 0.15) is 0 Å². The summed E-state index contributed by atoms with van der Waals surface area (Å²) in [6, 6.07) is 10.3. The molecule has 96 valence electrons. The minimum absolute atomic E-state index is 0.737. The van der Waals surface area contributed by atoms with Crippen molar-refractivity contribution >= 4 is 17.0 Å². The number of anilines is 1. The van der Waals surface area contributed by atoms with E-state index in [0.717, 1.165) is 24.5 Å². The molecule has 2 aromatic heterocycles. The Morgan fingerprint density at radius 1 is 1.21 bits per heavy atom. The molecule has 0 atom stereocenters. The third-order valence-corrected chi connectivity index (χ3v) is 3.41. The highest BCUT2D eigenvalue weighted by Crippen LogP contribution is 2.10. The quantitative estimate of drug-likeness (QED) is 0.775. The molecule has 0 saturated heterocycles. The molecule has 0 aliphatic heterocycles. The van der Waals surface area contributed by atoms with Crippen molar-refractivity contribution in [2.75, 3.05) is 5.32 Å². The molecule has 1 aromatic carbocycles. The molecule has 4 nitrogen and oxygen atoms in total. The Bertz CT molecular complexity index is 616. The molecule has 0 spiro atoms. The van der Waals surface area contributed by atoms with Gasteiger partial charge in [-0.25, -0.2) is 4.98 Å². The minimum atomic E-state index is 0.737. The van der Waals surface area contributed by atoms with Crippen LogP contribution in [0.15, 0.2) is 53.6 Å². The molecule has 0 amide bonds. The predicted molar refractivity (Wildman–Crippen MR) is 77.2 cm³/mol. The van der Waals surface area contributed by atoms with Crippen molar-refractivity contribution in [1.29, 1.82) is 0 Å². The molecule has 2 heterocycles. The molecule has 3 aromatic rings. The Balaban J connectivity index is 1.60. The second-order valence-corrected chi connectivity index (χ2v) is 4.96. The van der Waals surface area contributed by atoms with Gasteiger partial charge in [0.2, 0.25) is 0 Å². The van der Waals surface area contributed by atoms with E-state index in [4.69, 9.17) is 0 Å². The van der Waals surface area contributed by atoms with Gasteiger partial charge in [0, 0.05) is 11.6 Å². The largest absolute Gasteiger partial charge is 0.377 e. The zero-order valence-electron chi connectivity index (χ0n) is 10.4. The Kier molecular flexibility index (Phi) is 3.56. The lowest BCUT2D eigenvalue weighted by Crippen LogP contribution is -2.00. The van der Waals surface area contributed by atoms with Crippen LogP contribution < -0.4 is 5.32 Å². The van der Waals surface area contributed by atoms with Crippen LogP contribution in [0.25, 0.3) is 0 Å². The van der Waals surface area contributed by atoms with E-state index in [9.17, 15) is 0 Å². The molecule has 3 rings (SSSR count). The number of thiazole rings is 1. The van der Waals surface area contributed by atoms with Crippen LogP contribution in [0.2, 0.25) is 0 Å². The second kappa shape index (κ2) is 5.67. The maximum absolute atomic E-state index is 4.35. The number of rotatable bonds is 5. The first-order valence-corrected chi connectivity index (χ1v) is 7.02. The van der Waals surface area contributed by atoms with Gasteiger partial charge in [0.15, 0.2) is 0 Å². The number of nitrogens with zero attached hydrogens (tertiary/aromatic N) is 3. The van der Waals surface area contributed by atoms with Crippen LogP contribution in [0, 0.1) is 0 Å². The van der Waals surface area contributed by atoms with Crippen molar-refractivity contribution in [2.45, 2.75) is 13.1 Å². The van der Waals surface area contributed by atoms with Crippen LogP contribution in [0.4, 0.5) is 5.69 Å². The van der Waals surface area contributed by atoms with Crippen molar-refractivity contribution in [3.63, 3.8) is 0 Å². The van der Waals surface area contributed by atoms with Gasteiger partial charge < -0.3 is 5.32 Å². The fourth-order valence-electron chi connectivity index (χ4n) is 1.83. The SMILES string of the molecule is c1ccc(Cn2cc(NCc3cscn3)cn2)cc1. The Morgan fingerprint density at radius 3 is 2.89 bits per heavy atom. The van der Waals surface area contributed by atoms with Crippen molar-refractivity contribution in [3.05, 3.63) is 64.9 Å². The van der Waals surface area contributed by atoms with E-state index in [1.54, 1.807) is 11.3 Å². The summed E-state index contributed by atoms with van der Waals surface area (Å²) in [7, 11) is 0. The zero-order chi connectivity index (χ0) is 12.9. The maximum atomic E-state index is 4.35. The van der Waals surface area contributed by atoms with Gasteiger partial charge in [-0.2, -0.15) is 5.10 Å². The lowest BCUT2D eigenvalue weighted by molar-refractivity contribution is 0.687. The van der Waals surface area contributed by atoms with Gasteiger partial charge in [-0.1, -0.05) is 30.3 Å². The van der Waals surface area contributed by atoms with Crippen LogP contribution in [0.3, 0.4) is 0 Å². The summed E-state index contributed by atoms with van der Waals surface area (Å²) in [5.74, 6) is 0. The Labute approximate surface area is 115 Å². The number of hydrogen-bond acceptors (Lipinski definition) is 4. The second-order valence-electron chi connectivity index (χ2n) is 4.25. The monoisotopic (exact) mass is 270 g/mol. The third-order valence-electron chi connectivity index (χ3n) is 2.78. The van der Waals surface area contributed by atoms with Crippen LogP contribution in [0.1, 0.15) is 11.3 Å². The highest BCUT2D eigenvalue weighted by molar-refractivity contribution is 7.07. The first-order valence-electron chi connectivity index (χ1n) is 6.07. The van der Waals surface area contributed by atoms with E-state index >= 15 is 0 Å². The van der Waals surface area contributed by atoms with E-state index < -0.39 is 0 Å². The number of aromatic nitrogens is 3. The number of nitrogens with one attached hydrogen (secondary N) is 1. The molecule has 0 radical (unpaired) electrons. The lowest BCUT2D eigenvalue weighted by Gasteiger charge is -2.01. The molecule has 19 heavy (non-hydrogen) atoms. The molecular formula is C14H14N4S. The van der Waals surface area contributed by atoms with Gasteiger partial charge in [-0.05, 0) is 5.56 Å². The average Bonchev–Trinajstić information content (AvgIpc) is 3.09. The van der Waals surface area contributed by atoms with Crippen molar-refractivity contribution in [2.24, 2.45) is 0 Å². The fourth-order valence-corrected chi connectivity index (χ4v) is 2.39. The molecule has 0 aliphatic carbocycles. The Morgan fingerprint density at radius 2 is 2.11 bits per heavy atom. The van der Waals surface area contributed by atoms with Crippen LogP contribution in [0.5, 0.6) is 0 Å². The highest BCUT2D eigenvalue weighted by atomic mass is 32.1. The topological polar surface area (TPSA) is 42.7 Å². The summed E-state index contributed by atoms with van der Waals surface area (Å²) < 4.78 is 1.93. The summed E-state index contributed by atoms with van der Waals surface area (Å²) in [6.45, 7) is 1.53. The molecule has 0 fully saturated rings. The molecular weight excluding hydrogens is 256 g/mol. The van der Waals surface area contributed by atoms with Gasteiger partial charge in [0.05, 0.1) is 36.2 Å². The van der Waals surface area contributed by atoms with Crippen LogP contribution in [-0.4, -0.2) is 14.8 Å². The van der Waals surface area contributed by atoms with Crippen LogP contribution >= 0.6 is 11.3 Å². The normalized spacial score (nSPS) is 10.5. The van der Waals surface area contributed by atoms with Gasteiger partial charge in [-0.15, -0.1) is 11.3 Å². The number of hydrogen-bond donors (Lipinski definition) is 1. The summed E-state index contributed by atoms with van der Waals surface area (Å²) in [6.07, 6.45) is 3.86. The van der Waals surface area contributed by atoms with E-state index in [0.29, 0.717) is 0 Å². The van der Waals surface area contributed by atoms with E-state index in [2.05, 4.69) is 27.5 Å². The van der Waals surface area contributed by atoms with Gasteiger partial charge in [0.25, 0.3) is 0 Å². The number of benzene rings is 1. The predicted octanol–water partition coefficient (Wildman–Crippen LogP) is 3.00. The van der Waals surface area contributed by atoms with Crippen molar-refractivity contribution in [3.8, 4) is 0 Å². The van der Waals surface area contributed by atoms with Crippen molar-refractivity contribution < 1.29 is 0 Å².